The third-order valence-electron chi connectivity index (χ3n) is 5.52. The van der Waals surface area contributed by atoms with E-state index < -0.39 is 5.82 Å². The highest BCUT2D eigenvalue weighted by Crippen LogP contribution is 2.39. The van der Waals surface area contributed by atoms with Gasteiger partial charge in [0.15, 0.2) is 0 Å². The summed E-state index contributed by atoms with van der Waals surface area (Å²) in [5.74, 6) is -0.691. The topological polar surface area (TPSA) is 78.0 Å². The van der Waals surface area contributed by atoms with Crippen molar-refractivity contribution in [1.82, 2.24) is 10.2 Å². The molecule has 0 aromatic heterocycles. The minimum atomic E-state index is -0.398. The number of oxime groups is 1. The molecule has 1 saturated heterocycles. The molecule has 0 radical (unpaired) electrons. The molecule has 3 aliphatic rings. The molecule has 3 heterocycles. The zero-order chi connectivity index (χ0) is 20.5. The van der Waals surface area contributed by atoms with Gasteiger partial charge in [-0.05, 0) is 24.3 Å². The standard InChI is InChI=1S/C22H22FN5O2/c23-14-5-6-18-16(13-14)19(22(29)26-18)21-20(15-3-1-2-4-17(15)25-21)27-30-12-11-28-9-7-24-8-10-28/h1-6,13,24-25H,7-12H2,(H,26,29)/b21-19-,27-20+. The fraction of sp³-hybridized carbons (Fsp3) is 0.273. The van der Waals surface area contributed by atoms with Crippen molar-refractivity contribution in [3.63, 3.8) is 0 Å². The third kappa shape index (κ3) is 3.44. The zero-order valence-electron chi connectivity index (χ0n) is 16.4. The third-order valence-corrected chi connectivity index (χ3v) is 5.52. The summed E-state index contributed by atoms with van der Waals surface area (Å²) in [5, 5.41) is 13.8. The van der Waals surface area contributed by atoms with Crippen LogP contribution in [0.2, 0.25) is 0 Å². The SMILES string of the molecule is O=C1Nc2ccc(F)cc2/C1=C1/Nc2ccccc2/C1=N\OCCN1CCNCC1. The number of fused-ring (bicyclic) bond motifs is 2. The minimum Gasteiger partial charge on any atom is -0.394 e. The summed E-state index contributed by atoms with van der Waals surface area (Å²) < 4.78 is 13.9. The summed E-state index contributed by atoms with van der Waals surface area (Å²) in [4.78, 5) is 20.7. The molecule has 0 unspecified atom stereocenters. The maximum absolute atomic E-state index is 13.9. The molecule has 30 heavy (non-hydrogen) atoms. The molecular formula is C22H22FN5O2. The number of anilines is 2. The molecule has 2 aromatic rings. The Hall–Kier alpha value is -3.23. The monoisotopic (exact) mass is 407 g/mol. The van der Waals surface area contributed by atoms with Crippen LogP contribution in [-0.4, -0.2) is 55.8 Å². The van der Waals surface area contributed by atoms with E-state index >= 15 is 0 Å². The Morgan fingerprint density at radius 3 is 2.70 bits per heavy atom. The lowest BCUT2D eigenvalue weighted by atomic mass is 10.0. The summed E-state index contributed by atoms with van der Waals surface area (Å²) in [5.41, 5.74) is 4.23. The average molecular weight is 407 g/mol. The van der Waals surface area contributed by atoms with Crippen LogP contribution in [0.4, 0.5) is 15.8 Å². The molecule has 0 bridgehead atoms. The van der Waals surface area contributed by atoms with Gasteiger partial charge in [-0.1, -0.05) is 23.4 Å². The number of piperazine rings is 1. The van der Waals surface area contributed by atoms with Crippen LogP contribution in [0.25, 0.3) is 5.57 Å². The molecule has 8 heteroatoms. The van der Waals surface area contributed by atoms with Gasteiger partial charge in [0, 0.05) is 55.2 Å². The maximum Gasteiger partial charge on any atom is 0.258 e. The number of rotatable bonds is 4. The van der Waals surface area contributed by atoms with Gasteiger partial charge in [0.1, 0.15) is 18.1 Å². The van der Waals surface area contributed by atoms with Gasteiger partial charge in [0.05, 0.1) is 11.3 Å². The number of allylic oxidation sites excluding steroid dienone is 1. The number of nitrogens with zero attached hydrogens (tertiary/aromatic N) is 2. The van der Waals surface area contributed by atoms with Crippen LogP contribution >= 0.6 is 0 Å². The van der Waals surface area contributed by atoms with Gasteiger partial charge in [-0.2, -0.15) is 0 Å². The molecule has 1 amide bonds. The van der Waals surface area contributed by atoms with Crippen molar-refractivity contribution < 1.29 is 14.0 Å². The van der Waals surface area contributed by atoms with E-state index in [2.05, 4.69) is 26.0 Å². The zero-order valence-corrected chi connectivity index (χ0v) is 16.4. The number of hydrogen-bond acceptors (Lipinski definition) is 6. The molecule has 0 spiro atoms. The van der Waals surface area contributed by atoms with E-state index in [9.17, 15) is 9.18 Å². The van der Waals surface area contributed by atoms with Crippen LogP contribution < -0.4 is 16.0 Å². The Morgan fingerprint density at radius 2 is 1.83 bits per heavy atom. The molecule has 3 aliphatic heterocycles. The number of carbonyl (C=O) groups excluding carboxylic acids is 1. The first-order valence-corrected chi connectivity index (χ1v) is 10.1. The van der Waals surface area contributed by atoms with Crippen molar-refractivity contribution in [2.24, 2.45) is 5.16 Å². The van der Waals surface area contributed by atoms with Crippen molar-refractivity contribution in [1.29, 1.82) is 0 Å². The summed E-state index contributed by atoms with van der Waals surface area (Å²) in [7, 11) is 0. The molecule has 154 valence electrons. The van der Waals surface area contributed by atoms with E-state index in [1.807, 2.05) is 24.3 Å². The van der Waals surface area contributed by atoms with Gasteiger partial charge < -0.3 is 20.8 Å². The Labute approximate surface area is 173 Å². The summed E-state index contributed by atoms with van der Waals surface area (Å²) in [6, 6.07) is 11.9. The molecular weight excluding hydrogens is 385 g/mol. The van der Waals surface area contributed by atoms with Crippen LogP contribution in [0.5, 0.6) is 0 Å². The number of amides is 1. The van der Waals surface area contributed by atoms with E-state index in [-0.39, 0.29) is 5.91 Å². The maximum atomic E-state index is 13.9. The Morgan fingerprint density at radius 1 is 1.03 bits per heavy atom. The van der Waals surface area contributed by atoms with Gasteiger partial charge >= 0.3 is 0 Å². The molecule has 5 rings (SSSR count). The van der Waals surface area contributed by atoms with Gasteiger partial charge in [0.2, 0.25) is 0 Å². The van der Waals surface area contributed by atoms with E-state index in [0.717, 1.165) is 44.0 Å². The highest BCUT2D eigenvalue weighted by atomic mass is 19.1. The molecule has 2 aromatic carbocycles. The predicted octanol–water partition coefficient (Wildman–Crippen LogP) is 2.24. The second-order valence-corrected chi connectivity index (χ2v) is 7.43. The predicted molar refractivity (Wildman–Crippen MR) is 114 cm³/mol. The molecule has 1 fully saturated rings. The Bertz CT molecular complexity index is 1060. The van der Waals surface area contributed by atoms with Gasteiger partial charge in [-0.25, -0.2) is 4.39 Å². The van der Waals surface area contributed by atoms with Crippen LogP contribution in [0, 0.1) is 5.82 Å². The normalized spacial score (nSPS) is 21.9. The quantitative estimate of drug-likeness (QED) is 0.412. The van der Waals surface area contributed by atoms with Crippen molar-refractivity contribution in [3.05, 3.63) is 65.1 Å². The summed E-state index contributed by atoms with van der Waals surface area (Å²) in [6.45, 7) is 5.17. The molecule has 7 nitrogen and oxygen atoms in total. The second-order valence-electron chi connectivity index (χ2n) is 7.43. The average Bonchev–Trinajstić information content (AvgIpc) is 3.28. The Kier molecular flexibility index (Phi) is 4.94. The van der Waals surface area contributed by atoms with Crippen LogP contribution in [-0.2, 0) is 9.63 Å². The largest absolute Gasteiger partial charge is 0.394 e. The highest BCUT2D eigenvalue weighted by Gasteiger charge is 2.34. The van der Waals surface area contributed by atoms with Gasteiger partial charge in [0.25, 0.3) is 5.91 Å². The van der Waals surface area contributed by atoms with Crippen LogP contribution in [0.1, 0.15) is 11.1 Å². The number of para-hydroxylation sites is 1. The first-order valence-electron chi connectivity index (χ1n) is 10.1. The number of nitrogens with one attached hydrogen (secondary N) is 3. The summed E-state index contributed by atoms with van der Waals surface area (Å²) >= 11 is 0. The number of halogens is 1. The van der Waals surface area contributed by atoms with Crippen molar-refractivity contribution in [2.75, 3.05) is 50.0 Å². The number of hydrogen-bond donors (Lipinski definition) is 3. The lowest BCUT2D eigenvalue weighted by Crippen LogP contribution is -2.44. The van der Waals surface area contributed by atoms with Crippen LogP contribution in [0.3, 0.4) is 0 Å². The van der Waals surface area contributed by atoms with E-state index in [0.29, 0.717) is 34.8 Å². The summed E-state index contributed by atoms with van der Waals surface area (Å²) in [6.07, 6.45) is 0. The number of benzene rings is 2. The number of carbonyl (C=O) groups is 1. The first kappa shape index (κ1) is 18.8. The Balaban J connectivity index is 1.47. The minimum absolute atomic E-state index is 0.292. The fourth-order valence-corrected chi connectivity index (χ4v) is 4.01. The highest BCUT2D eigenvalue weighted by molar-refractivity contribution is 6.39. The van der Waals surface area contributed by atoms with E-state index in [1.165, 1.54) is 12.1 Å². The van der Waals surface area contributed by atoms with Gasteiger partial charge in [-0.3, -0.25) is 9.69 Å². The van der Waals surface area contributed by atoms with E-state index in [1.54, 1.807) is 6.07 Å². The van der Waals surface area contributed by atoms with Crippen molar-refractivity contribution >= 4 is 28.6 Å². The van der Waals surface area contributed by atoms with Crippen LogP contribution in [0.15, 0.2) is 53.3 Å². The lowest BCUT2D eigenvalue weighted by Gasteiger charge is -2.26. The first-order chi connectivity index (χ1) is 14.7. The van der Waals surface area contributed by atoms with E-state index in [4.69, 9.17) is 4.84 Å². The lowest BCUT2D eigenvalue weighted by molar-refractivity contribution is -0.110. The molecule has 3 N–H and O–H groups in total. The smallest absolute Gasteiger partial charge is 0.258 e. The molecule has 0 atom stereocenters. The van der Waals surface area contributed by atoms with Crippen molar-refractivity contribution in [3.8, 4) is 0 Å². The molecule has 0 aliphatic carbocycles. The van der Waals surface area contributed by atoms with Crippen molar-refractivity contribution in [2.45, 2.75) is 0 Å². The fourth-order valence-electron chi connectivity index (χ4n) is 4.01. The second kappa shape index (κ2) is 7.89. The van der Waals surface area contributed by atoms with Gasteiger partial charge in [-0.15, -0.1) is 0 Å². The molecule has 0 saturated carbocycles.